The number of carbonyl (C=O) groups is 1. The second-order valence-corrected chi connectivity index (χ2v) is 6.74. The first-order valence-electron chi connectivity index (χ1n) is 8.87. The minimum absolute atomic E-state index is 0.213. The van der Waals surface area contributed by atoms with Gasteiger partial charge in [0.25, 0.3) is 5.91 Å². The first-order chi connectivity index (χ1) is 13.5. The van der Waals surface area contributed by atoms with E-state index < -0.39 is 5.91 Å². The lowest BCUT2D eigenvalue weighted by Gasteiger charge is -2.37. The van der Waals surface area contributed by atoms with Crippen LogP contribution in [0.5, 0.6) is 11.5 Å². The SMILES string of the molecule is COc1cc(C(=S)N2CCN(c3ccccc3F)CC2)ccc1OCC(N)=O. The van der Waals surface area contributed by atoms with Crippen molar-refractivity contribution in [2.45, 2.75) is 0 Å². The predicted molar refractivity (Wildman–Crippen MR) is 110 cm³/mol. The number of para-hydroxylation sites is 1. The molecule has 0 spiro atoms. The van der Waals surface area contributed by atoms with Crippen molar-refractivity contribution >= 4 is 28.8 Å². The van der Waals surface area contributed by atoms with Crippen molar-refractivity contribution in [1.29, 1.82) is 0 Å². The highest BCUT2D eigenvalue weighted by Gasteiger charge is 2.22. The van der Waals surface area contributed by atoms with Crippen molar-refractivity contribution in [3.63, 3.8) is 0 Å². The summed E-state index contributed by atoms with van der Waals surface area (Å²) in [6.45, 7) is 2.51. The molecule has 8 heteroatoms. The summed E-state index contributed by atoms with van der Waals surface area (Å²) in [6, 6.07) is 12.1. The summed E-state index contributed by atoms with van der Waals surface area (Å²) in [7, 11) is 1.52. The van der Waals surface area contributed by atoms with Gasteiger partial charge in [0.05, 0.1) is 12.8 Å². The van der Waals surface area contributed by atoms with Gasteiger partial charge in [0.2, 0.25) is 0 Å². The van der Waals surface area contributed by atoms with Crippen LogP contribution in [-0.2, 0) is 4.79 Å². The Labute approximate surface area is 168 Å². The van der Waals surface area contributed by atoms with E-state index in [4.69, 9.17) is 27.4 Å². The molecule has 148 valence electrons. The molecule has 2 aromatic rings. The van der Waals surface area contributed by atoms with Crippen LogP contribution in [0, 0.1) is 5.82 Å². The molecule has 1 heterocycles. The maximum atomic E-state index is 14.0. The Morgan fingerprint density at radius 1 is 1.14 bits per heavy atom. The van der Waals surface area contributed by atoms with Crippen LogP contribution in [0.1, 0.15) is 5.56 Å². The highest BCUT2D eigenvalue weighted by molar-refractivity contribution is 7.80. The Morgan fingerprint density at radius 3 is 2.50 bits per heavy atom. The number of hydrogen-bond acceptors (Lipinski definition) is 5. The number of thiocarbonyl (C=S) groups is 1. The summed E-state index contributed by atoms with van der Waals surface area (Å²) in [6.07, 6.45) is 0. The first-order valence-corrected chi connectivity index (χ1v) is 9.28. The molecule has 2 aromatic carbocycles. The number of primary amides is 1. The van der Waals surface area contributed by atoms with Crippen molar-refractivity contribution in [3.05, 3.63) is 53.8 Å². The number of piperazine rings is 1. The molecule has 0 aromatic heterocycles. The lowest BCUT2D eigenvalue weighted by Crippen LogP contribution is -2.48. The lowest BCUT2D eigenvalue weighted by molar-refractivity contribution is -0.119. The Morgan fingerprint density at radius 2 is 1.86 bits per heavy atom. The van der Waals surface area contributed by atoms with Gasteiger partial charge in [-0.25, -0.2) is 4.39 Å². The summed E-state index contributed by atoms with van der Waals surface area (Å²) < 4.78 is 24.7. The highest BCUT2D eigenvalue weighted by Crippen LogP contribution is 2.29. The molecule has 1 aliphatic rings. The third-order valence-corrected chi connectivity index (χ3v) is 5.03. The number of amides is 1. The number of benzene rings is 2. The van der Waals surface area contributed by atoms with Crippen molar-refractivity contribution < 1.29 is 18.7 Å². The molecular formula is C20H22FN3O3S. The fraction of sp³-hybridized carbons (Fsp3) is 0.300. The van der Waals surface area contributed by atoms with Crippen molar-refractivity contribution in [1.82, 2.24) is 4.90 Å². The minimum atomic E-state index is -0.561. The predicted octanol–water partition coefficient (Wildman–Crippen LogP) is 2.20. The number of nitrogens with zero attached hydrogens (tertiary/aromatic N) is 2. The molecule has 28 heavy (non-hydrogen) atoms. The Balaban J connectivity index is 1.66. The maximum absolute atomic E-state index is 14.0. The van der Waals surface area contributed by atoms with E-state index >= 15 is 0 Å². The van der Waals surface area contributed by atoms with Gasteiger partial charge in [-0.3, -0.25) is 4.79 Å². The maximum Gasteiger partial charge on any atom is 0.255 e. The van der Waals surface area contributed by atoms with Gasteiger partial charge < -0.3 is 25.0 Å². The van der Waals surface area contributed by atoms with Crippen LogP contribution in [-0.4, -0.2) is 55.7 Å². The largest absolute Gasteiger partial charge is 0.493 e. The van der Waals surface area contributed by atoms with Gasteiger partial charge >= 0.3 is 0 Å². The number of carbonyl (C=O) groups excluding carboxylic acids is 1. The third-order valence-electron chi connectivity index (χ3n) is 4.54. The molecule has 0 bridgehead atoms. The number of nitrogens with two attached hydrogens (primary N) is 1. The Hall–Kier alpha value is -2.87. The van der Waals surface area contributed by atoms with Crippen LogP contribution in [0.25, 0.3) is 0 Å². The van der Waals surface area contributed by atoms with Crippen molar-refractivity contribution in [2.75, 3.05) is 44.8 Å². The van der Waals surface area contributed by atoms with Crippen LogP contribution in [0.3, 0.4) is 0 Å². The van der Waals surface area contributed by atoms with Crippen molar-refractivity contribution in [3.8, 4) is 11.5 Å². The molecule has 1 fully saturated rings. The summed E-state index contributed by atoms with van der Waals surface area (Å²) in [5.41, 5.74) is 6.54. The van der Waals surface area contributed by atoms with Crippen molar-refractivity contribution in [2.24, 2.45) is 5.73 Å². The van der Waals surface area contributed by atoms with E-state index in [1.54, 1.807) is 24.3 Å². The molecule has 1 amide bonds. The monoisotopic (exact) mass is 403 g/mol. The van der Waals surface area contributed by atoms with Gasteiger partial charge in [-0.15, -0.1) is 0 Å². The Bertz CT molecular complexity index is 870. The zero-order valence-corrected chi connectivity index (χ0v) is 16.4. The van der Waals surface area contributed by atoms with Gasteiger partial charge in [-0.2, -0.15) is 0 Å². The van der Waals surface area contributed by atoms with Crippen LogP contribution in [0.15, 0.2) is 42.5 Å². The molecule has 1 aliphatic heterocycles. The molecule has 3 rings (SSSR count). The molecule has 1 saturated heterocycles. The molecule has 2 N–H and O–H groups in total. The molecular weight excluding hydrogens is 381 g/mol. The van der Waals surface area contributed by atoms with E-state index in [0.29, 0.717) is 48.4 Å². The van der Waals surface area contributed by atoms with Gasteiger partial charge in [-0.05, 0) is 30.3 Å². The molecule has 0 radical (unpaired) electrons. The summed E-state index contributed by atoms with van der Waals surface area (Å²) in [4.78, 5) is 15.7. The Kier molecular flexibility index (Phi) is 6.30. The molecule has 6 nitrogen and oxygen atoms in total. The number of hydrogen-bond donors (Lipinski definition) is 1. The smallest absolute Gasteiger partial charge is 0.255 e. The molecule has 0 aliphatic carbocycles. The fourth-order valence-electron chi connectivity index (χ4n) is 3.11. The topological polar surface area (TPSA) is 68.0 Å². The average molecular weight is 403 g/mol. The summed E-state index contributed by atoms with van der Waals surface area (Å²) in [5, 5.41) is 0. The fourth-order valence-corrected chi connectivity index (χ4v) is 3.42. The first kappa shape index (κ1) is 19.9. The average Bonchev–Trinajstić information content (AvgIpc) is 2.72. The zero-order valence-electron chi connectivity index (χ0n) is 15.6. The highest BCUT2D eigenvalue weighted by atomic mass is 32.1. The lowest BCUT2D eigenvalue weighted by atomic mass is 10.1. The molecule has 0 unspecified atom stereocenters. The van der Waals surface area contributed by atoms with E-state index in [2.05, 4.69) is 4.90 Å². The quantitative estimate of drug-likeness (QED) is 0.746. The van der Waals surface area contributed by atoms with Crippen LogP contribution < -0.4 is 20.1 Å². The van der Waals surface area contributed by atoms with Crippen LogP contribution in [0.2, 0.25) is 0 Å². The summed E-state index contributed by atoms with van der Waals surface area (Å²) in [5.74, 6) is 0.132. The molecule has 0 atom stereocenters. The number of rotatable bonds is 6. The summed E-state index contributed by atoms with van der Waals surface area (Å²) >= 11 is 5.64. The number of ether oxygens (including phenoxy) is 2. The molecule has 0 saturated carbocycles. The van der Waals surface area contributed by atoms with Crippen LogP contribution >= 0.6 is 12.2 Å². The zero-order chi connectivity index (χ0) is 20.1. The standard InChI is InChI=1S/C20H22FN3O3S/c1-26-18-12-14(6-7-17(18)27-13-19(22)25)20(28)24-10-8-23(9-11-24)16-5-3-2-4-15(16)21/h2-7,12H,8-11,13H2,1H3,(H2,22,25). The number of methoxy groups -OCH3 is 1. The van der Waals surface area contributed by atoms with Gasteiger partial charge in [0.1, 0.15) is 10.8 Å². The van der Waals surface area contributed by atoms with Gasteiger partial charge in [-0.1, -0.05) is 24.4 Å². The minimum Gasteiger partial charge on any atom is -0.493 e. The van der Waals surface area contributed by atoms with Gasteiger partial charge in [0, 0.05) is 31.7 Å². The normalized spacial score (nSPS) is 13.9. The van der Waals surface area contributed by atoms with E-state index in [-0.39, 0.29) is 12.4 Å². The third kappa shape index (κ3) is 4.51. The number of halogens is 1. The van der Waals surface area contributed by atoms with Crippen LogP contribution in [0.4, 0.5) is 10.1 Å². The van der Waals surface area contributed by atoms with E-state index in [0.717, 1.165) is 5.56 Å². The van der Waals surface area contributed by atoms with E-state index in [1.807, 2.05) is 17.0 Å². The second kappa shape index (κ2) is 8.88. The van der Waals surface area contributed by atoms with E-state index in [1.165, 1.54) is 13.2 Å². The second-order valence-electron chi connectivity index (χ2n) is 6.35. The van der Waals surface area contributed by atoms with E-state index in [9.17, 15) is 9.18 Å². The number of anilines is 1. The van der Waals surface area contributed by atoms with Gasteiger partial charge in [0.15, 0.2) is 18.1 Å².